The Hall–Kier alpha value is -4.03. The van der Waals surface area contributed by atoms with Crippen molar-refractivity contribution in [2.45, 2.75) is 13.0 Å². The van der Waals surface area contributed by atoms with Gasteiger partial charge in [0.05, 0.1) is 19.3 Å². The van der Waals surface area contributed by atoms with E-state index in [1.165, 1.54) is 0 Å². The van der Waals surface area contributed by atoms with Crippen LogP contribution in [0, 0.1) is 6.92 Å². The van der Waals surface area contributed by atoms with Gasteiger partial charge in [0.1, 0.15) is 17.1 Å². The molecule has 0 unspecified atom stereocenters. The number of amides is 1. The van der Waals surface area contributed by atoms with Crippen LogP contribution in [-0.2, 0) is 0 Å². The first-order chi connectivity index (χ1) is 16.5. The molecule has 2 heterocycles. The molecule has 0 aliphatic carbocycles. The summed E-state index contributed by atoms with van der Waals surface area (Å²) in [5, 5.41) is 11.6. The summed E-state index contributed by atoms with van der Waals surface area (Å²) in [7, 11) is 1.64. The summed E-state index contributed by atoms with van der Waals surface area (Å²) in [5.74, 6) is 1.13. The van der Waals surface area contributed by atoms with Crippen molar-refractivity contribution in [1.82, 2.24) is 9.78 Å². The summed E-state index contributed by atoms with van der Waals surface area (Å²) in [4.78, 5) is 13.2. The van der Waals surface area contributed by atoms with E-state index in [0.29, 0.717) is 16.4 Å². The minimum atomic E-state index is -0.237. The van der Waals surface area contributed by atoms with Gasteiger partial charge in [-0.25, -0.2) is 4.68 Å². The zero-order valence-corrected chi connectivity index (χ0v) is 19.5. The monoisotopic (exact) mass is 470 g/mol. The van der Waals surface area contributed by atoms with Crippen molar-refractivity contribution < 1.29 is 9.53 Å². The lowest BCUT2D eigenvalue weighted by Gasteiger charge is -2.26. The Morgan fingerprint density at radius 3 is 2.59 bits per heavy atom. The number of aryl methyl sites for hydroxylation is 1. The minimum absolute atomic E-state index is 0.226. The molecule has 0 saturated heterocycles. The highest BCUT2D eigenvalue weighted by Gasteiger charge is 2.28. The molecule has 34 heavy (non-hydrogen) atoms. The minimum Gasteiger partial charge on any atom is -0.497 e. The molecular formula is C27H23ClN4O2. The van der Waals surface area contributed by atoms with Gasteiger partial charge >= 0.3 is 0 Å². The average Bonchev–Trinajstić information content (AvgIpc) is 3.30. The number of aromatic nitrogens is 2. The number of hydrogen-bond donors (Lipinski definition) is 2. The standard InChI is InChI=1S/C27H23ClN4O2/c1-17-6-12-21(13-7-17)30-27(33)23-16-29-32-25(18-8-10-20(28)11-9-18)15-24(31-26(23)32)19-4-3-5-22(14-19)34-2/h3-16,25,31H,1-2H3,(H,30,33)/t25-/m0/s1. The lowest BCUT2D eigenvalue weighted by molar-refractivity contribution is 0.102. The zero-order chi connectivity index (χ0) is 23.7. The number of halogens is 1. The number of carbonyl (C=O) groups excluding carboxylic acids is 1. The molecule has 6 nitrogen and oxygen atoms in total. The topological polar surface area (TPSA) is 68.2 Å². The van der Waals surface area contributed by atoms with Crippen molar-refractivity contribution >= 4 is 34.7 Å². The second-order valence-electron chi connectivity index (χ2n) is 8.11. The van der Waals surface area contributed by atoms with Crippen LogP contribution in [0.4, 0.5) is 11.5 Å². The van der Waals surface area contributed by atoms with Crippen molar-refractivity contribution in [1.29, 1.82) is 0 Å². The van der Waals surface area contributed by atoms with Crippen LogP contribution in [0.1, 0.15) is 33.1 Å². The van der Waals surface area contributed by atoms with E-state index >= 15 is 0 Å². The first kappa shape index (κ1) is 21.8. The molecule has 0 fully saturated rings. The second kappa shape index (κ2) is 9.08. The van der Waals surface area contributed by atoms with Crippen LogP contribution in [0.25, 0.3) is 5.70 Å². The molecule has 1 aliphatic rings. The van der Waals surface area contributed by atoms with Gasteiger partial charge in [0.2, 0.25) is 0 Å². The van der Waals surface area contributed by atoms with Crippen LogP contribution in [0.3, 0.4) is 0 Å². The number of benzene rings is 3. The number of allylic oxidation sites excluding steroid dienone is 1. The van der Waals surface area contributed by atoms with Crippen LogP contribution < -0.4 is 15.4 Å². The van der Waals surface area contributed by atoms with E-state index in [1.807, 2.05) is 84.4 Å². The lowest BCUT2D eigenvalue weighted by atomic mass is 10.0. The Morgan fingerprint density at radius 2 is 1.85 bits per heavy atom. The first-order valence-electron chi connectivity index (χ1n) is 10.9. The number of rotatable bonds is 5. The van der Waals surface area contributed by atoms with Crippen LogP contribution in [-0.4, -0.2) is 22.8 Å². The smallest absolute Gasteiger partial charge is 0.261 e. The fourth-order valence-corrected chi connectivity index (χ4v) is 4.08. The van der Waals surface area contributed by atoms with Gasteiger partial charge in [0, 0.05) is 22.0 Å². The van der Waals surface area contributed by atoms with E-state index < -0.39 is 0 Å². The molecule has 0 bridgehead atoms. The summed E-state index contributed by atoms with van der Waals surface area (Å²) in [6.45, 7) is 2.01. The van der Waals surface area contributed by atoms with Crippen molar-refractivity contribution in [3.05, 3.63) is 112 Å². The van der Waals surface area contributed by atoms with Crippen LogP contribution >= 0.6 is 11.6 Å². The van der Waals surface area contributed by atoms with Gasteiger partial charge in [0.25, 0.3) is 5.91 Å². The van der Waals surface area contributed by atoms with Crippen molar-refractivity contribution in [3.63, 3.8) is 0 Å². The molecule has 0 saturated carbocycles. The predicted octanol–water partition coefficient (Wildman–Crippen LogP) is 6.16. The molecule has 7 heteroatoms. The normalized spacial score (nSPS) is 14.6. The quantitative estimate of drug-likeness (QED) is 0.366. The van der Waals surface area contributed by atoms with Crippen molar-refractivity contribution in [2.75, 3.05) is 17.7 Å². The lowest BCUT2D eigenvalue weighted by Crippen LogP contribution is -2.22. The van der Waals surface area contributed by atoms with Crippen molar-refractivity contribution in [3.8, 4) is 5.75 Å². The van der Waals surface area contributed by atoms with Gasteiger partial charge in [-0.15, -0.1) is 0 Å². The number of carbonyl (C=O) groups is 1. The van der Waals surface area contributed by atoms with E-state index in [1.54, 1.807) is 13.3 Å². The maximum absolute atomic E-state index is 13.2. The fraction of sp³-hybridized carbons (Fsp3) is 0.111. The number of fused-ring (bicyclic) bond motifs is 1. The Morgan fingerprint density at radius 1 is 1.09 bits per heavy atom. The van der Waals surface area contributed by atoms with Crippen LogP contribution in [0.15, 0.2) is 85.1 Å². The number of nitrogens with one attached hydrogen (secondary N) is 2. The summed E-state index contributed by atoms with van der Waals surface area (Å²) < 4.78 is 7.23. The Kier molecular flexibility index (Phi) is 5.82. The maximum atomic E-state index is 13.2. The first-order valence-corrected chi connectivity index (χ1v) is 11.2. The molecule has 1 aromatic heterocycles. The number of nitrogens with zero attached hydrogens (tertiary/aromatic N) is 2. The highest BCUT2D eigenvalue weighted by molar-refractivity contribution is 6.30. The Labute approximate surface area is 202 Å². The molecule has 2 N–H and O–H groups in total. The van der Waals surface area contributed by atoms with E-state index in [4.69, 9.17) is 16.3 Å². The SMILES string of the molecule is COc1cccc(C2=C[C@@H](c3ccc(Cl)cc3)n3ncc(C(=O)Nc4ccc(C)cc4)c3N2)c1. The summed E-state index contributed by atoms with van der Waals surface area (Å²) in [6.07, 6.45) is 3.68. The fourth-order valence-electron chi connectivity index (χ4n) is 3.95. The number of hydrogen-bond acceptors (Lipinski definition) is 4. The average molecular weight is 471 g/mol. The summed E-state index contributed by atoms with van der Waals surface area (Å²) in [5.41, 5.74) is 5.10. The molecule has 1 aliphatic heterocycles. The molecule has 1 atom stereocenters. The van der Waals surface area contributed by atoms with E-state index in [2.05, 4.69) is 21.8 Å². The highest BCUT2D eigenvalue weighted by atomic mass is 35.5. The van der Waals surface area contributed by atoms with Crippen molar-refractivity contribution in [2.24, 2.45) is 0 Å². The number of methoxy groups -OCH3 is 1. The summed E-state index contributed by atoms with van der Waals surface area (Å²) >= 11 is 6.12. The third-order valence-corrected chi connectivity index (χ3v) is 6.03. The third kappa shape index (κ3) is 4.28. The zero-order valence-electron chi connectivity index (χ0n) is 18.7. The van der Waals surface area contributed by atoms with Crippen LogP contribution in [0.2, 0.25) is 5.02 Å². The largest absolute Gasteiger partial charge is 0.497 e. The van der Waals surface area contributed by atoms with Gasteiger partial charge in [0.15, 0.2) is 0 Å². The molecule has 1 amide bonds. The number of anilines is 2. The molecule has 4 aromatic rings. The summed E-state index contributed by atoms with van der Waals surface area (Å²) in [6, 6.07) is 22.9. The molecule has 5 rings (SSSR count). The van der Waals surface area contributed by atoms with E-state index in [9.17, 15) is 4.79 Å². The van der Waals surface area contributed by atoms with Gasteiger partial charge in [-0.2, -0.15) is 5.10 Å². The molecule has 0 radical (unpaired) electrons. The Bertz CT molecular complexity index is 1370. The third-order valence-electron chi connectivity index (χ3n) is 5.78. The van der Waals surface area contributed by atoms with Gasteiger partial charge in [-0.3, -0.25) is 4.79 Å². The molecule has 170 valence electrons. The van der Waals surface area contributed by atoms with Gasteiger partial charge in [-0.05, 0) is 55.0 Å². The van der Waals surface area contributed by atoms with E-state index in [-0.39, 0.29) is 11.9 Å². The predicted molar refractivity (Wildman–Crippen MR) is 136 cm³/mol. The van der Waals surface area contributed by atoms with Crippen LogP contribution in [0.5, 0.6) is 5.75 Å². The molecular weight excluding hydrogens is 448 g/mol. The maximum Gasteiger partial charge on any atom is 0.261 e. The molecule has 0 spiro atoms. The van der Waals surface area contributed by atoms with Gasteiger partial charge < -0.3 is 15.4 Å². The number of ether oxygens (including phenoxy) is 1. The highest BCUT2D eigenvalue weighted by Crippen LogP contribution is 2.36. The van der Waals surface area contributed by atoms with E-state index in [0.717, 1.165) is 33.8 Å². The van der Waals surface area contributed by atoms with Gasteiger partial charge in [-0.1, -0.05) is 53.6 Å². The second-order valence-corrected chi connectivity index (χ2v) is 8.54. The molecule has 3 aromatic carbocycles. The Balaban J connectivity index is 1.55.